The molecule has 1 unspecified atom stereocenters. The Balaban J connectivity index is 3.19. The summed E-state index contributed by atoms with van der Waals surface area (Å²) in [5.41, 5.74) is 5.75. The molecule has 0 saturated carbocycles. The first-order chi connectivity index (χ1) is 7.45. The van der Waals surface area contributed by atoms with Crippen molar-refractivity contribution in [2.75, 3.05) is 5.73 Å². The van der Waals surface area contributed by atoms with Crippen LogP contribution >= 0.6 is 11.8 Å². The van der Waals surface area contributed by atoms with Crippen LogP contribution in [-0.2, 0) is 0 Å². The molecule has 0 fully saturated rings. The Morgan fingerprint density at radius 3 is 2.69 bits per heavy atom. The van der Waals surface area contributed by atoms with E-state index in [2.05, 4.69) is 9.97 Å². The highest BCUT2D eigenvalue weighted by Crippen LogP contribution is 2.33. The number of hydrogen-bond acceptors (Lipinski definition) is 6. The molecular weight excluding hydrogens is 228 g/mol. The van der Waals surface area contributed by atoms with E-state index in [1.807, 2.05) is 13.8 Å². The third-order valence-corrected chi connectivity index (χ3v) is 3.36. The van der Waals surface area contributed by atoms with Gasteiger partial charge in [-0.25, -0.2) is 4.98 Å². The van der Waals surface area contributed by atoms with Crippen LogP contribution in [0.2, 0.25) is 0 Å². The van der Waals surface area contributed by atoms with Gasteiger partial charge in [0, 0.05) is 5.25 Å². The Morgan fingerprint density at radius 1 is 1.56 bits per heavy atom. The molecule has 7 heteroatoms. The minimum absolute atomic E-state index is 0.0421. The lowest BCUT2D eigenvalue weighted by Crippen LogP contribution is -2.05. The third-order valence-electron chi connectivity index (χ3n) is 2.11. The van der Waals surface area contributed by atoms with Crippen LogP contribution in [0.3, 0.4) is 0 Å². The molecule has 0 aromatic carbocycles. The standard InChI is InChI=1S/C9H14N4O2S/c1-4-5(2)16-8-7(13(14)15)6(3)11-9(10)12-8/h5H,4H2,1-3H3,(H2,10,11,12). The second-order valence-electron chi connectivity index (χ2n) is 3.41. The highest BCUT2D eigenvalue weighted by Gasteiger charge is 2.22. The van der Waals surface area contributed by atoms with Crippen molar-refractivity contribution in [1.29, 1.82) is 0 Å². The lowest BCUT2D eigenvalue weighted by molar-refractivity contribution is -0.389. The lowest BCUT2D eigenvalue weighted by atomic mass is 10.4. The Morgan fingerprint density at radius 2 is 2.19 bits per heavy atom. The van der Waals surface area contributed by atoms with E-state index in [1.54, 1.807) is 6.92 Å². The number of aryl methyl sites for hydroxylation is 1. The number of nitro groups is 1. The molecule has 0 amide bonds. The summed E-state index contributed by atoms with van der Waals surface area (Å²) in [4.78, 5) is 18.2. The summed E-state index contributed by atoms with van der Waals surface area (Å²) in [7, 11) is 0. The Kier molecular flexibility index (Phi) is 4.05. The normalized spacial score (nSPS) is 12.4. The maximum atomic E-state index is 10.9. The molecule has 1 atom stereocenters. The first-order valence-corrected chi connectivity index (χ1v) is 5.78. The monoisotopic (exact) mass is 242 g/mol. The maximum Gasteiger partial charge on any atom is 0.322 e. The topological polar surface area (TPSA) is 94.9 Å². The second kappa shape index (κ2) is 5.11. The van der Waals surface area contributed by atoms with Crippen LogP contribution in [0, 0.1) is 17.0 Å². The summed E-state index contributed by atoms with van der Waals surface area (Å²) in [5.74, 6) is 0.0777. The predicted octanol–water partition coefficient (Wildman–Crippen LogP) is 2.17. The second-order valence-corrected chi connectivity index (χ2v) is 4.84. The van der Waals surface area contributed by atoms with Gasteiger partial charge in [0.15, 0.2) is 5.03 Å². The number of nitrogens with two attached hydrogens (primary N) is 1. The van der Waals surface area contributed by atoms with Crippen molar-refractivity contribution in [2.24, 2.45) is 0 Å². The smallest absolute Gasteiger partial charge is 0.322 e. The number of aromatic nitrogens is 2. The highest BCUT2D eigenvalue weighted by molar-refractivity contribution is 8.00. The molecule has 6 nitrogen and oxygen atoms in total. The van der Waals surface area contributed by atoms with Crippen molar-refractivity contribution in [3.8, 4) is 0 Å². The van der Waals surface area contributed by atoms with Gasteiger partial charge in [-0.1, -0.05) is 25.6 Å². The SMILES string of the molecule is CCC(C)Sc1nc(N)nc(C)c1[N+](=O)[O-]. The molecule has 16 heavy (non-hydrogen) atoms. The van der Waals surface area contributed by atoms with Crippen LogP contribution in [0.25, 0.3) is 0 Å². The van der Waals surface area contributed by atoms with Gasteiger partial charge in [0.2, 0.25) is 5.95 Å². The van der Waals surface area contributed by atoms with Gasteiger partial charge < -0.3 is 5.73 Å². The molecular formula is C9H14N4O2S. The molecule has 0 aliphatic rings. The number of thioether (sulfide) groups is 1. The van der Waals surface area contributed by atoms with Crippen LogP contribution < -0.4 is 5.73 Å². The zero-order valence-corrected chi connectivity index (χ0v) is 10.2. The molecule has 0 aliphatic heterocycles. The fourth-order valence-corrected chi connectivity index (χ4v) is 2.16. The van der Waals surface area contributed by atoms with E-state index in [4.69, 9.17) is 5.73 Å². The van der Waals surface area contributed by atoms with E-state index in [0.29, 0.717) is 10.7 Å². The summed E-state index contributed by atoms with van der Waals surface area (Å²) in [6.07, 6.45) is 0.908. The molecule has 0 spiro atoms. The molecule has 2 N–H and O–H groups in total. The zero-order chi connectivity index (χ0) is 12.3. The first kappa shape index (κ1) is 12.7. The first-order valence-electron chi connectivity index (χ1n) is 4.90. The van der Waals surface area contributed by atoms with Gasteiger partial charge in [0.1, 0.15) is 5.69 Å². The van der Waals surface area contributed by atoms with Crippen molar-refractivity contribution in [2.45, 2.75) is 37.5 Å². The quantitative estimate of drug-likeness (QED) is 0.376. The maximum absolute atomic E-state index is 10.9. The van der Waals surface area contributed by atoms with Crippen LogP contribution in [-0.4, -0.2) is 20.1 Å². The fraction of sp³-hybridized carbons (Fsp3) is 0.556. The molecule has 1 rings (SSSR count). The average molecular weight is 242 g/mol. The summed E-state index contributed by atoms with van der Waals surface area (Å²) < 4.78 is 0. The molecule has 1 aromatic heterocycles. The number of nitrogens with zero attached hydrogens (tertiary/aromatic N) is 3. The van der Waals surface area contributed by atoms with Gasteiger partial charge in [-0.15, -0.1) is 0 Å². The van der Waals surface area contributed by atoms with Crippen molar-refractivity contribution in [3.05, 3.63) is 15.8 Å². The van der Waals surface area contributed by atoms with E-state index in [1.165, 1.54) is 11.8 Å². The molecule has 1 aromatic rings. The van der Waals surface area contributed by atoms with Crippen LogP contribution in [0.5, 0.6) is 0 Å². The minimum atomic E-state index is -0.459. The summed E-state index contributed by atoms with van der Waals surface area (Å²) >= 11 is 1.35. The highest BCUT2D eigenvalue weighted by atomic mass is 32.2. The summed E-state index contributed by atoms with van der Waals surface area (Å²) in [6, 6.07) is 0. The van der Waals surface area contributed by atoms with Gasteiger partial charge in [-0.3, -0.25) is 10.1 Å². The van der Waals surface area contributed by atoms with Gasteiger partial charge in [-0.05, 0) is 13.3 Å². The Labute approximate surface area is 97.8 Å². The summed E-state index contributed by atoms with van der Waals surface area (Å²) in [6.45, 7) is 5.57. The fourth-order valence-electron chi connectivity index (χ4n) is 1.13. The van der Waals surface area contributed by atoms with Crippen LogP contribution in [0.15, 0.2) is 5.03 Å². The van der Waals surface area contributed by atoms with Gasteiger partial charge in [-0.2, -0.15) is 4.98 Å². The number of rotatable bonds is 4. The van der Waals surface area contributed by atoms with E-state index >= 15 is 0 Å². The van der Waals surface area contributed by atoms with Crippen LogP contribution in [0.4, 0.5) is 11.6 Å². The largest absolute Gasteiger partial charge is 0.368 e. The molecule has 1 heterocycles. The lowest BCUT2D eigenvalue weighted by Gasteiger charge is -2.08. The summed E-state index contributed by atoms with van der Waals surface area (Å²) in [5, 5.41) is 11.5. The molecule has 88 valence electrons. The zero-order valence-electron chi connectivity index (χ0n) is 9.43. The molecule has 0 aliphatic carbocycles. The minimum Gasteiger partial charge on any atom is -0.368 e. The van der Waals surface area contributed by atoms with E-state index < -0.39 is 4.92 Å². The molecule has 0 radical (unpaired) electrons. The van der Waals surface area contributed by atoms with E-state index in [-0.39, 0.29) is 16.9 Å². The van der Waals surface area contributed by atoms with Crippen molar-refractivity contribution < 1.29 is 4.92 Å². The Hall–Kier alpha value is -1.37. The number of anilines is 1. The van der Waals surface area contributed by atoms with Crippen molar-refractivity contribution >= 4 is 23.4 Å². The van der Waals surface area contributed by atoms with Gasteiger partial charge in [0.25, 0.3) is 0 Å². The van der Waals surface area contributed by atoms with E-state index in [0.717, 1.165) is 6.42 Å². The van der Waals surface area contributed by atoms with Crippen LogP contribution in [0.1, 0.15) is 26.0 Å². The van der Waals surface area contributed by atoms with Crippen molar-refractivity contribution in [3.63, 3.8) is 0 Å². The molecule has 0 saturated heterocycles. The van der Waals surface area contributed by atoms with Gasteiger partial charge in [0.05, 0.1) is 4.92 Å². The van der Waals surface area contributed by atoms with Crippen molar-refractivity contribution in [1.82, 2.24) is 9.97 Å². The van der Waals surface area contributed by atoms with Gasteiger partial charge >= 0.3 is 5.69 Å². The van der Waals surface area contributed by atoms with E-state index in [9.17, 15) is 10.1 Å². The third kappa shape index (κ3) is 2.82. The number of nitrogen functional groups attached to an aromatic ring is 1. The number of hydrogen-bond donors (Lipinski definition) is 1. The molecule has 0 bridgehead atoms. The Bertz CT molecular complexity index is 411. The predicted molar refractivity (Wildman–Crippen MR) is 63.4 cm³/mol. The average Bonchev–Trinajstić information content (AvgIpc) is 2.15.